The molecule has 0 saturated heterocycles. The molecule has 22 heavy (non-hydrogen) atoms. The van der Waals surface area contributed by atoms with Crippen molar-refractivity contribution in [2.24, 2.45) is 0 Å². The molecule has 0 spiro atoms. The fourth-order valence-corrected chi connectivity index (χ4v) is 2.25. The number of carbonyl (C=O) groups is 1. The molecule has 7 nitrogen and oxygen atoms in total. The van der Waals surface area contributed by atoms with Crippen LogP contribution in [0.25, 0.3) is 0 Å². The zero-order chi connectivity index (χ0) is 16.3. The molecule has 1 aromatic rings. The van der Waals surface area contributed by atoms with Gasteiger partial charge in [-0.25, -0.2) is 4.79 Å². The van der Waals surface area contributed by atoms with E-state index in [1.165, 1.54) is 0 Å². The van der Waals surface area contributed by atoms with Crippen molar-refractivity contribution in [2.45, 2.75) is 32.5 Å². The maximum absolute atomic E-state index is 11.7. The summed E-state index contributed by atoms with van der Waals surface area (Å²) in [6.45, 7) is 4.98. The van der Waals surface area contributed by atoms with Crippen LogP contribution >= 0.6 is 0 Å². The molecule has 2 rings (SSSR count). The summed E-state index contributed by atoms with van der Waals surface area (Å²) in [7, 11) is -1.16. The van der Waals surface area contributed by atoms with Crippen LogP contribution in [-0.4, -0.2) is 42.3 Å². The van der Waals surface area contributed by atoms with Gasteiger partial charge in [0.15, 0.2) is 6.79 Å². The molecule has 3 N–H and O–H groups in total. The number of ether oxygens (including phenoxy) is 2. The van der Waals surface area contributed by atoms with Gasteiger partial charge in [0.05, 0.1) is 6.10 Å². The smallest absolute Gasteiger partial charge is 0.468 e. The molecule has 1 aliphatic heterocycles. The minimum absolute atomic E-state index is 0.154. The molecular weight excluding hydrogens is 289 g/mol. The predicted octanol–water partition coefficient (Wildman–Crippen LogP) is 0.299. The first-order chi connectivity index (χ1) is 10.3. The van der Waals surface area contributed by atoms with E-state index < -0.39 is 31.7 Å². The van der Waals surface area contributed by atoms with Crippen LogP contribution in [0.4, 0.5) is 4.79 Å². The number of alkyl carbamates (subject to hydrolysis) is 1. The Hall–Kier alpha value is -1.77. The quantitative estimate of drug-likeness (QED) is 0.547. The molecule has 1 heterocycles. The van der Waals surface area contributed by atoms with Crippen LogP contribution in [0.2, 0.25) is 0 Å². The summed E-state index contributed by atoms with van der Waals surface area (Å²) in [4.78, 5) is 11.7. The molecule has 1 amide bonds. The standard InChI is InChI=1S/C14H20BNO6/c1-14(2,3)21-13(18)16-7-11-9-5-4-6-10(20-8-17)12(9)15(19)22-11/h4-6,11,17,19H,7-8H2,1-3H3,(H,16,18). The van der Waals surface area contributed by atoms with E-state index in [1.807, 2.05) is 0 Å². The highest BCUT2D eigenvalue weighted by Gasteiger charge is 2.38. The Morgan fingerprint density at radius 3 is 2.82 bits per heavy atom. The number of aliphatic hydroxyl groups is 1. The highest BCUT2D eigenvalue weighted by atomic mass is 16.6. The molecule has 1 unspecified atom stereocenters. The van der Waals surface area contributed by atoms with E-state index >= 15 is 0 Å². The lowest BCUT2D eigenvalue weighted by molar-refractivity contribution is 0.0498. The number of benzene rings is 1. The number of rotatable bonds is 4. The van der Waals surface area contributed by atoms with Crippen LogP contribution in [0.5, 0.6) is 5.75 Å². The average molecular weight is 309 g/mol. The monoisotopic (exact) mass is 309 g/mol. The summed E-state index contributed by atoms with van der Waals surface area (Å²) in [5.74, 6) is 0.354. The van der Waals surface area contributed by atoms with Gasteiger partial charge >= 0.3 is 13.2 Å². The van der Waals surface area contributed by atoms with Crippen LogP contribution in [0.3, 0.4) is 0 Å². The van der Waals surface area contributed by atoms with Crippen molar-refractivity contribution in [1.82, 2.24) is 5.32 Å². The number of amides is 1. The van der Waals surface area contributed by atoms with E-state index in [2.05, 4.69) is 5.32 Å². The minimum atomic E-state index is -1.16. The van der Waals surface area contributed by atoms with E-state index in [9.17, 15) is 9.82 Å². The van der Waals surface area contributed by atoms with Crippen LogP contribution in [-0.2, 0) is 9.39 Å². The van der Waals surface area contributed by atoms with Crippen molar-refractivity contribution < 1.29 is 29.1 Å². The van der Waals surface area contributed by atoms with E-state index in [0.717, 1.165) is 0 Å². The van der Waals surface area contributed by atoms with Crippen molar-refractivity contribution in [2.75, 3.05) is 13.3 Å². The predicted molar refractivity (Wildman–Crippen MR) is 79.8 cm³/mol. The number of fused-ring (bicyclic) bond motifs is 1. The zero-order valence-corrected chi connectivity index (χ0v) is 12.8. The van der Waals surface area contributed by atoms with Crippen molar-refractivity contribution in [1.29, 1.82) is 0 Å². The summed E-state index contributed by atoms with van der Waals surface area (Å²) >= 11 is 0. The molecule has 0 radical (unpaired) electrons. The van der Waals surface area contributed by atoms with Gasteiger partial charge in [0.25, 0.3) is 0 Å². The lowest BCUT2D eigenvalue weighted by atomic mass is 9.78. The van der Waals surface area contributed by atoms with Gasteiger partial charge in [0, 0.05) is 12.0 Å². The molecule has 0 bridgehead atoms. The van der Waals surface area contributed by atoms with Crippen LogP contribution in [0, 0.1) is 0 Å². The third-order valence-corrected chi connectivity index (χ3v) is 3.04. The molecular formula is C14H20BNO6. The van der Waals surface area contributed by atoms with E-state index in [0.29, 0.717) is 16.8 Å². The lowest BCUT2D eigenvalue weighted by Crippen LogP contribution is -2.35. The van der Waals surface area contributed by atoms with Crippen molar-refractivity contribution in [3.63, 3.8) is 0 Å². The number of aliphatic hydroxyl groups excluding tert-OH is 1. The van der Waals surface area contributed by atoms with Gasteiger partial charge in [-0.05, 0) is 32.4 Å². The summed E-state index contributed by atoms with van der Waals surface area (Å²) < 4.78 is 15.6. The largest absolute Gasteiger partial charge is 0.495 e. The molecule has 0 aromatic heterocycles. The molecule has 120 valence electrons. The van der Waals surface area contributed by atoms with Gasteiger partial charge in [-0.2, -0.15) is 0 Å². The van der Waals surface area contributed by atoms with Gasteiger partial charge in [-0.3, -0.25) is 0 Å². The van der Waals surface area contributed by atoms with Gasteiger partial charge in [-0.15, -0.1) is 0 Å². The second kappa shape index (κ2) is 6.56. The second-order valence-corrected chi connectivity index (χ2v) is 5.89. The Morgan fingerprint density at radius 2 is 2.18 bits per heavy atom. The Labute approximate surface area is 129 Å². The summed E-state index contributed by atoms with van der Waals surface area (Å²) in [6, 6.07) is 5.13. The second-order valence-electron chi connectivity index (χ2n) is 5.89. The molecule has 1 aliphatic rings. The topological polar surface area (TPSA) is 97.3 Å². The van der Waals surface area contributed by atoms with Crippen molar-refractivity contribution >= 4 is 18.7 Å². The molecule has 8 heteroatoms. The van der Waals surface area contributed by atoms with Crippen LogP contribution in [0.1, 0.15) is 32.4 Å². The molecule has 1 aromatic carbocycles. The maximum atomic E-state index is 11.7. The third kappa shape index (κ3) is 3.91. The summed E-state index contributed by atoms with van der Waals surface area (Å²) in [5, 5.41) is 21.5. The summed E-state index contributed by atoms with van der Waals surface area (Å²) in [5.41, 5.74) is 0.585. The van der Waals surface area contributed by atoms with Gasteiger partial charge in [0.1, 0.15) is 11.4 Å². The van der Waals surface area contributed by atoms with Gasteiger partial charge in [0.2, 0.25) is 0 Å². The van der Waals surface area contributed by atoms with Crippen molar-refractivity contribution in [3.8, 4) is 5.75 Å². The molecule has 0 saturated carbocycles. The SMILES string of the molecule is CC(C)(C)OC(=O)NCC1OB(O)c2c(OCO)cccc21. The first-order valence-corrected chi connectivity index (χ1v) is 6.98. The molecule has 0 fully saturated rings. The highest BCUT2D eigenvalue weighted by Crippen LogP contribution is 2.27. The van der Waals surface area contributed by atoms with E-state index in [1.54, 1.807) is 39.0 Å². The number of hydrogen-bond acceptors (Lipinski definition) is 6. The van der Waals surface area contributed by atoms with Gasteiger partial charge in [-0.1, -0.05) is 12.1 Å². The minimum Gasteiger partial charge on any atom is -0.468 e. The number of carbonyl (C=O) groups excluding carboxylic acids is 1. The Kier molecular flexibility index (Phi) is 4.95. The fourth-order valence-electron chi connectivity index (χ4n) is 2.25. The first-order valence-electron chi connectivity index (χ1n) is 6.98. The summed E-state index contributed by atoms with van der Waals surface area (Å²) in [6.07, 6.45) is -1.07. The zero-order valence-electron chi connectivity index (χ0n) is 12.8. The molecule has 1 atom stereocenters. The Bertz CT molecular complexity index is 545. The van der Waals surface area contributed by atoms with Gasteiger partial charge < -0.3 is 29.6 Å². The normalized spacial score (nSPS) is 17.1. The highest BCUT2D eigenvalue weighted by molar-refractivity contribution is 6.62. The molecule has 0 aliphatic carbocycles. The maximum Gasteiger partial charge on any atom is 0.495 e. The van der Waals surface area contributed by atoms with Crippen LogP contribution in [0.15, 0.2) is 18.2 Å². The first kappa shape index (κ1) is 16.6. The van der Waals surface area contributed by atoms with E-state index in [4.69, 9.17) is 19.2 Å². The lowest BCUT2D eigenvalue weighted by Gasteiger charge is -2.21. The van der Waals surface area contributed by atoms with Crippen LogP contribution < -0.4 is 15.5 Å². The fraction of sp³-hybridized carbons (Fsp3) is 0.500. The number of nitrogens with one attached hydrogen (secondary N) is 1. The number of hydrogen-bond donors (Lipinski definition) is 3. The van der Waals surface area contributed by atoms with Crippen molar-refractivity contribution in [3.05, 3.63) is 23.8 Å². The van der Waals surface area contributed by atoms with E-state index in [-0.39, 0.29) is 6.54 Å². The Morgan fingerprint density at radius 1 is 1.45 bits per heavy atom. The Balaban J connectivity index is 2.05. The average Bonchev–Trinajstić information content (AvgIpc) is 2.73. The third-order valence-electron chi connectivity index (χ3n) is 3.04.